The topological polar surface area (TPSA) is 192 Å². The number of aliphatic imine (C=N–C) groups is 1. The van der Waals surface area contributed by atoms with E-state index in [1.807, 2.05) is 0 Å². The van der Waals surface area contributed by atoms with Gasteiger partial charge in [-0.2, -0.15) is 15.0 Å². The summed E-state index contributed by atoms with van der Waals surface area (Å²) >= 11 is 0. The average molecular weight is 336 g/mol. The van der Waals surface area contributed by atoms with Crippen LogP contribution in [0, 0.1) is 0 Å². The molecular formula is C12H12N6O6. The first-order valence-corrected chi connectivity index (χ1v) is 6.14. The van der Waals surface area contributed by atoms with Crippen molar-refractivity contribution in [2.45, 2.75) is 6.42 Å². The van der Waals surface area contributed by atoms with E-state index in [0.29, 0.717) is 0 Å². The van der Waals surface area contributed by atoms with Crippen molar-refractivity contribution >= 4 is 42.0 Å². The van der Waals surface area contributed by atoms with Crippen LogP contribution in [0.5, 0.6) is 0 Å². The van der Waals surface area contributed by atoms with Gasteiger partial charge in [-0.25, -0.2) is 14.6 Å². The van der Waals surface area contributed by atoms with Crippen molar-refractivity contribution < 1.29 is 29.7 Å². The van der Waals surface area contributed by atoms with Crippen LogP contribution in [-0.2, 0) is 14.4 Å². The zero-order chi connectivity index (χ0) is 18.1. The maximum Gasteiger partial charge on any atom is 0.329 e. The van der Waals surface area contributed by atoms with Crippen LogP contribution >= 0.6 is 0 Å². The molecule has 0 unspecified atom stereocenters. The number of hydrogen-bond acceptors (Lipinski definition) is 9. The normalized spacial score (nSPS) is 11.3. The second kappa shape index (κ2) is 8.57. The van der Waals surface area contributed by atoms with Gasteiger partial charge >= 0.3 is 17.9 Å². The Balaban J connectivity index is 3.18. The Morgan fingerprint density at radius 2 is 1.62 bits per heavy atom. The number of nitrogen functional groups attached to an aromatic ring is 1. The van der Waals surface area contributed by atoms with Gasteiger partial charge in [-0.3, -0.25) is 9.69 Å². The Morgan fingerprint density at radius 3 is 2.12 bits per heavy atom. The zero-order valence-corrected chi connectivity index (χ0v) is 12.0. The van der Waals surface area contributed by atoms with Crippen LogP contribution in [0.25, 0.3) is 0 Å². The number of aliphatic carboxylic acids is 3. The van der Waals surface area contributed by atoms with Crippen molar-refractivity contribution in [3.05, 3.63) is 24.6 Å². The van der Waals surface area contributed by atoms with Crippen molar-refractivity contribution in [1.82, 2.24) is 15.0 Å². The van der Waals surface area contributed by atoms with Crippen LogP contribution in [-0.4, -0.2) is 54.4 Å². The van der Waals surface area contributed by atoms with Gasteiger partial charge in [0.05, 0.1) is 6.42 Å². The highest BCUT2D eigenvalue weighted by Gasteiger charge is 2.09. The number of hydrogen-bond donors (Lipinski definition) is 4. The molecule has 0 saturated carbocycles. The molecule has 0 aromatic carbocycles. The summed E-state index contributed by atoms with van der Waals surface area (Å²) in [4.78, 5) is 47.5. The van der Waals surface area contributed by atoms with Crippen molar-refractivity contribution in [2.75, 3.05) is 10.6 Å². The maximum absolute atomic E-state index is 10.6. The molecule has 0 aliphatic heterocycles. The van der Waals surface area contributed by atoms with Crippen LogP contribution < -0.4 is 10.6 Å². The summed E-state index contributed by atoms with van der Waals surface area (Å²) in [5.41, 5.74) is 5.48. The number of anilines is 2. The second-order valence-electron chi connectivity index (χ2n) is 3.92. The molecule has 12 nitrogen and oxygen atoms in total. The molecule has 1 aromatic heterocycles. The molecular weight excluding hydrogens is 324 g/mol. The van der Waals surface area contributed by atoms with E-state index in [9.17, 15) is 14.4 Å². The van der Waals surface area contributed by atoms with Crippen molar-refractivity contribution in [1.29, 1.82) is 0 Å². The zero-order valence-electron chi connectivity index (χ0n) is 12.0. The summed E-state index contributed by atoms with van der Waals surface area (Å²) in [6, 6.07) is 0. The molecule has 12 heteroatoms. The van der Waals surface area contributed by atoms with E-state index in [1.165, 1.54) is 0 Å². The molecule has 0 aliphatic carbocycles. The highest BCUT2D eigenvalue weighted by Crippen LogP contribution is 2.15. The number of rotatable bonds is 8. The Morgan fingerprint density at radius 1 is 1.04 bits per heavy atom. The van der Waals surface area contributed by atoms with Crippen LogP contribution in [0.15, 0.2) is 29.5 Å². The van der Waals surface area contributed by atoms with Crippen molar-refractivity contribution in [3.8, 4) is 0 Å². The molecule has 24 heavy (non-hydrogen) atoms. The van der Waals surface area contributed by atoms with Gasteiger partial charge in [-0.1, -0.05) is 0 Å². The fourth-order valence-electron chi connectivity index (χ4n) is 1.22. The van der Waals surface area contributed by atoms with E-state index in [2.05, 4.69) is 19.9 Å². The van der Waals surface area contributed by atoms with Crippen molar-refractivity contribution in [2.24, 2.45) is 4.99 Å². The first-order valence-electron chi connectivity index (χ1n) is 6.14. The summed E-state index contributed by atoms with van der Waals surface area (Å²) in [5, 5.41) is 25.8. The third kappa shape index (κ3) is 6.75. The number of carboxylic acids is 3. The minimum Gasteiger partial charge on any atom is -0.481 e. The molecule has 126 valence electrons. The molecule has 1 rings (SSSR count). The van der Waals surface area contributed by atoms with Gasteiger partial charge in [0.1, 0.15) is 0 Å². The molecule has 0 saturated heterocycles. The van der Waals surface area contributed by atoms with Gasteiger partial charge in [-0.15, -0.1) is 0 Å². The number of carboxylic acid groups (broad SMARTS) is 3. The fourth-order valence-corrected chi connectivity index (χ4v) is 1.22. The lowest BCUT2D eigenvalue weighted by molar-refractivity contribution is -0.135. The molecule has 0 atom stereocenters. The Kier molecular flexibility index (Phi) is 6.51. The molecule has 5 N–H and O–H groups in total. The second-order valence-corrected chi connectivity index (χ2v) is 3.92. The first kappa shape index (κ1) is 18.2. The van der Waals surface area contributed by atoms with Gasteiger partial charge in [0, 0.05) is 30.8 Å². The largest absolute Gasteiger partial charge is 0.481 e. The third-order valence-electron chi connectivity index (χ3n) is 2.09. The van der Waals surface area contributed by atoms with E-state index in [0.717, 1.165) is 35.7 Å². The smallest absolute Gasteiger partial charge is 0.329 e. The summed E-state index contributed by atoms with van der Waals surface area (Å²) in [7, 11) is 0. The molecule has 0 fully saturated rings. The Labute approximate surface area is 134 Å². The van der Waals surface area contributed by atoms with Gasteiger partial charge in [0.15, 0.2) is 0 Å². The first-order chi connectivity index (χ1) is 11.3. The van der Waals surface area contributed by atoms with Gasteiger partial charge in [0.2, 0.25) is 11.9 Å². The predicted molar refractivity (Wildman–Crippen MR) is 80.7 cm³/mol. The molecule has 0 aliphatic rings. The minimum atomic E-state index is -1.29. The SMILES string of the molecule is Nc1nc(N=CCC(=O)O)nc(N(C=CC(=O)O)C=CC(=O)O)n1. The van der Waals surface area contributed by atoms with Crippen LogP contribution in [0.1, 0.15) is 6.42 Å². The molecule has 1 aromatic rings. The number of nitrogens with zero attached hydrogens (tertiary/aromatic N) is 5. The monoisotopic (exact) mass is 336 g/mol. The highest BCUT2D eigenvalue weighted by molar-refractivity contribution is 5.85. The lowest BCUT2D eigenvalue weighted by Gasteiger charge is -2.12. The summed E-state index contributed by atoms with van der Waals surface area (Å²) < 4.78 is 0. The van der Waals surface area contributed by atoms with Crippen LogP contribution in [0.2, 0.25) is 0 Å². The molecule has 0 spiro atoms. The van der Waals surface area contributed by atoms with E-state index >= 15 is 0 Å². The van der Waals surface area contributed by atoms with Gasteiger partial charge < -0.3 is 21.1 Å². The lowest BCUT2D eigenvalue weighted by atomic mass is 10.5. The quantitative estimate of drug-likeness (QED) is 0.357. The fraction of sp³-hybridized carbons (Fsp3) is 0.0833. The number of carbonyl (C=O) groups is 3. The summed E-state index contributed by atoms with van der Waals surface area (Å²) in [5.74, 6) is -4.40. The summed E-state index contributed by atoms with van der Waals surface area (Å²) in [6.45, 7) is 0. The number of aromatic nitrogens is 3. The highest BCUT2D eigenvalue weighted by atomic mass is 16.4. The van der Waals surface area contributed by atoms with E-state index in [4.69, 9.17) is 21.1 Å². The Bertz CT molecular complexity index is 705. The van der Waals surface area contributed by atoms with Crippen molar-refractivity contribution in [3.63, 3.8) is 0 Å². The lowest BCUT2D eigenvalue weighted by Crippen LogP contribution is -2.14. The predicted octanol–water partition coefficient (Wildman–Crippen LogP) is -0.366. The average Bonchev–Trinajstić information content (AvgIpc) is 2.45. The minimum absolute atomic E-state index is 0.208. The molecule has 0 radical (unpaired) electrons. The third-order valence-corrected chi connectivity index (χ3v) is 2.09. The van der Waals surface area contributed by atoms with Gasteiger partial charge in [-0.05, 0) is 0 Å². The van der Waals surface area contributed by atoms with Gasteiger partial charge in [0.25, 0.3) is 5.95 Å². The standard InChI is InChI=1S/C12H12N6O6/c13-10-15-11(14-4-1-7(19)20)17-12(16-10)18(5-2-8(21)22)6-3-9(23)24/h2-6H,1H2,(H,19,20)(H,21,22)(H,23,24)(H2,13,15,16,17). The van der Waals surface area contributed by atoms with E-state index in [-0.39, 0.29) is 24.3 Å². The molecule has 1 heterocycles. The summed E-state index contributed by atoms with van der Waals surface area (Å²) in [6.07, 6.45) is 4.08. The van der Waals surface area contributed by atoms with E-state index in [1.54, 1.807) is 0 Å². The molecule has 0 amide bonds. The van der Waals surface area contributed by atoms with Crippen LogP contribution in [0.3, 0.4) is 0 Å². The van der Waals surface area contributed by atoms with Crippen LogP contribution in [0.4, 0.5) is 17.8 Å². The molecule has 0 bridgehead atoms. The van der Waals surface area contributed by atoms with E-state index < -0.39 is 17.9 Å². The number of nitrogens with two attached hydrogens (primary N) is 1. The Hall–Kier alpha value is -3.83. The maximum atomic E-state index is 10.6.